The molecule has 0 unspecified atom stereocenters. The summed E-state index contributed by atoms with van der Waals surface area (Å²) in [5.74, 6) is 1.69. The van der Waals surface area contributed by atoms with E-state index in [1.54, 1.807) is 7.11 Å². The molecule has 0 amide bonds. The van der Waals surface area contributed by atoms with Crippen LogP contribution in [-0.2, 0) is 13.0 Å². The van der Waals surface area contributed by atoms with Crippen molar-refractivity contribution in [3.8, 4) is 11.5 Å². The third-order valence-electron chi connectivity index (χ3n) is 3.20. The zero-order valence-electron chi connectivity index (χ0n) is 12.1. The third kappa shape index (κ3) is 4.66. The summed E-state index contributed by atoms with van der Waals surface area (Å²) in [4.78, 5) is 0. The lowest BCUT2D eigenvalue weighted by Crippen LogP contribution is -2.03. The van der Waals surface area contributed by atoms with Crippen molar-refractivity contribution in [1.82, 2.24) is 0 Å². The lowest BCUT2D eigenvalue weighted by Gasteiger charge is -2.12. The summed E-state index contributed by atoms with van der Waals surface area (Å²) in [7, 11) is 1.66. The van der Waals surface area contributed by atoms with Gasteiger partial charge in [-0.25, -0.2) is 0 Å². The van der Waals surface area contributed by atoms with E-state index >= 15 is 0 Å². The quantitative estimate of drug-likeness (QED) is 0.846. The van der Waals surface area contributed by atoms with Gasteiger partial charge in [-0.05, 0) is 60.8 Å². The minimum Gasteiger partial charge on any atom is -0.497 e. The van der Waals surface area contributed by atoms with E-state index < -0.39 is 0 Å². The van der Waals surface area contributed by atoms with Gasteiger partial charge < -0.3 is 15.2 Å². The molecule has 2 N–H and O–H groups in total. The summed E-state index contributed by atoms with van der Waals surface area (Å²) in [6.45, 7) is 1.15. The molecule has 0 spiro atoms. The molecule has 0 radical (unpaired) electrons. The molecular weight excluding hydrogens is 286 g/mol. The van der Waals surface area contributed by atoms with Crippen LogP contribution < -0.4 is 15.2 Å². The molecule has 0 aliphatic heterocycles. The van der Waals surface area contributed by atoms with E-state index in [2.05, 4.69) is 0 Å². The van der Waals surface area contributed by atoms with Crippen molar-refractivity contribution in [2.24, 2.45) is 5.73 Å². The SMILES string of the molecule is COc1cccc(COc2ccc(Cl)cc2CCCN)c1. The number of hydrogen-bond acceptors (Lipinski definition) is 3. The second-order valence-corrected chi connectivity index (χ2v) is 5.22. The molecule has 112 valence electrons. The predicted octanol–water partition coefficient (Wildman–Crippen LogP) is 3.82. The molecule has 2 rings (SSSR count). The van der Waals surface area contributed by atoms with Crippen molar-refractivity contribution in [2.75, 3.05) is 13.7 Å². The molecule has 0 atom stereocenters. The number of rotatable bonds is 7. The average molecular weight is 306 g/mol. The molecule has 4 heteroatoms. The zero-order chi connectivity index (χ0) is 15.1. The van der Waals surface area contributed by atoms with Gasteiger partial charge in [-0.15, -0.1) is 0 Å². The first-order valence-corrected chi connectivity index (χ1v) is 7.35. The monoisotopic (exact) mass is 305 g/mol. The fraction of sp³-hybridized carbons (Fsp3) is 0.294. The zero-order valence-corrected chi connectivity index (χ0v) is 12.9. The molecule has 0 aliphatic carbocycles. The maximum Gasteiger partial charge on any atom is 0.123 e. The Balaban J connectivity index is 2.07. The molecule has 0 bridgehead atoms. The number of methoxy groups -OCH3 is 1. The summed E-state index contributed by atoms with van der Waals surface area (Å²) < 4.78 is 11.1. The van der Waals surface area contributed by atoms with E-state index in [9.17, 15) is 0 Å². The van der Waals surface area contributed by atoms with Crippen molar-refractivity contribution in [3.63, 3.8) is 0 Å². The van der Waals surface area contributed by atoms with E-state index in [4.69, 9.17) is 26.8 Å². The van der Waals surface area contributed by atoms with Gasteiger partial charge in [0.05, 0.1) is 7.11 Å². The first-order chi connectivity index (χ1) is 10.2. The second kappa shape index (κ2) is 7.91. The molecule has 3 nitrogen and oxygen atoms in total. The van der Waals surface area contributed by atoms with Gasteiger partial charge in [0.2, 0.25) is 0 Å². The first-order valence-electron chi connectivity index (χ1n) is 6.97. The maximum atomic E-state index is 6.05. The summed E-state index contributed by atoms with van der Waals surface area (Å²) >= 11 is 6.05. The standard InChI is InChI=1S/C17H20ClNO2/c1-20-16-6-2-4-13(10-16)12-21-17-8-7-15(18)11-14(17)5-3-9-19/h2,4,6-8,10-11H,3,5,9,12,19H2,1H3. The lowest BCUT2D eigenvalue weighted by atomic mass is 10.1. The molecule has 2 aromatic carbocycles. The Bertz CT molecular complexity index is 587. The van der Waals surface area contributed by atoms with Gasteiger partial charge in [0, 0.05) is 5.02 Å². The fourth-order valence-corrected chi connectivity index (χ4v) is 2.29. The highest BCUT2D eigenvalue weighted by Gasteiger charge is 2.05. The molecule has 0 saturated carbocycles. The van der Waals surface area contributed by atoms with Crippen LogP contribution in [0.25, 0.3) is 0 Å². The molecule has 0 aromatic heterocycles. The van der Waals surface area contributed by atoms with Crippen molar-refractivity contribution in [2.45, 2.75) is 19.4 Å². The van der Waals surface area contributed by atoms with Crippen molar-refractivity contribution < 1.29 is 9.47 Å². The van der Waals surface area contributed by atoms with Gasteiger partial charge in [-0.3, -0.25) is 0 Å². The van der Waals surface area contributed by atoms with Crippen molar-refractivity contribution in [1.29, 1.82) is 0 Å². The summed E-state index contributed by atoms with van der Waals surface area (Å²) in [5, 5.41) is 0.718. The van der Waals surface area contributed by atoms with Crippen LogP contribution in [-0.4, -0.2) is 13.7 Å². The van der Waals surface area contributed by atoms with Crippen LogP contribution >= 0.6 is 11.6 Å². The fourth-order valence-electron chi connectivity index (χ4n) is 2.10. The van der Waals surface area contributed by atoms with Gasteiger partial charge in [-0.1, -0.05) is 23.7 Å². The normalized spacial score (nSPS) is 10.4. The lowest BCUT2D eigenvalue weighted by molar-refractivity contribution is 0.302. The number of nitrogens with two attached hydrogens (primary N) is 1. The van der Waals surface area contributed by atoms with Crippen LogP contribution in [0.4, 0.5) is 0 Å². The van der Waals surface area contributed by atoms with E-state index in [0.717, 1.165) is 40.5 Å². The summed E-state index contributed by atoms with van der Waals surface area (Å²) in [6.07, 6.45) is 1.78. The molecule has 2 aromatic rings. The molecule has 0 saturated heterocycles. The van der Waals surface area contributed by atoms with Gasteiger partial charge >= 0.3 is 0 Å². The predicted molar refractivity (Wildman–Crippen MR) is 86.2 cm³/mol. The molecule has 21 heavy (non-hydrogen) atoms. The smallest absolute Gasteiger partial charge is 0.123 e. The van der Waals surface area contributed by atoms with E-state index in [1.165, 1.54) is 0 Å². The molecule has 0 aliphatic rings. The molecule has 0 heterocycles. The van der Waals surface area contributed by atoms with Crippen LogP contribution in [0.1, 0.15) is 17.5 Å². The Morgan fingerprint density at radius 1 is 1.14 bits per heavy atom. The van der Waals surface area contributed by atoms with Gasteiger partial charge in [0.15, 0.2) is 0 Å². The average Bonchev–Trinajstić information content (AvgIpc) is 2.52. The number of aryl methyl sites for hydroxylation is 1. The number of hydrogen-bond donors (Lipinski definition) is 1. The number of ether oxygens (including phenoxy) is 2. The van der Waals surface area contributed by atoms with Gasteiger partial charge in [0.25, 0.3) is 0 Å². The number of benzene rings is 2. The van der Waals surface area contributed by atoms with Crippen molar-refractivity contribution in [3.05, 3.63) is 58.6 Å². The minimum atomic E-state index is 0.495. The molecular formula is C17H20ClNO2. The largest absolute Gasteiger partial charge is 0.497 e. The van der Waals surface area contributed by atoms with Crippen LogP contribution in [0.2, 0.25) is 5.02 Å². The second-order valence-electron chi connectivity index (χ2n) is 4.78. The van der Waals surface area contributed by atoms with Crippen LogP contribution in [0.5, 0.6) is 11.5 Å². The highest BCUT2D eigenvalue weighted by molar-refractivity contribution is 6.30. The highest BCUT2D eigenvalue weighted by Crippen LogP contribution is 2.25. The van der Waals surface area contributed by atoms with Gasteiger partial charge in [0.1, 0.15) is 18.1 Å². The molecule has 0 fully saturated rings. The minimum absolute atomic E-state index is 0.495. The Hall–Kier alpha value is -1.71. The van der Waals surface area contributed by atoms with E-state index in [1.807, 2.05) is 42.5 Å². The van der Waals surface area contributed by atoms with E-state index in [-0.39, 0.29) is 0 Å². The Morgan fingerprint density at radius 2 is 2.00 bits per heavy atom. The van der Waals surface area contributed by atoms with Crippen LogP contribution in [0.3, 0.4) is 0 Å². The summed E-state index contributed by atoms with van der Waals surface area (Å²) in [6, 6.07) is 13.5. The maximum absolute atomic E-state index is 6.05. The Morgan fingerprint density at radius 3 is 2.76 bits per heavy atom. The Labute approximate surface area is 130 Å². The van der Waals surface area contributed by atoms with Gasteiger partial charge in [-0.2, -0.15) is 0 Å². The van der Waals surface area contributed by atoms with E-state index in [0.29, 0.717) is 13.2 Å². The number of halogens is 1. The van der Waals surface area contributed by atoms with Crippen LogP contribution in [0.15, 0.2) is 42.5 Å². The Kier molecular flexibility index (Phi) is 5.90. The highest BCUT2D eigenvalue weighted by atomic mass is 35.5. The van der Waals surface area contributed by atoms with Crippen molar-refractivity contribution >= 4 is 11.6 Å². The van der Waals surface area contributed by atoms with Crippen LogP contribution in [0, 0.1) is 0 Å². The third-order valence-corrected chi connectivity index (χ3v) is 3.44. The topological polar surface area (TPSA) is 44.5 Å². The first kappa shape index (κ1) is 15.7. The summed E-state index contributed by atoms with van der Waals surface area (Å²) in [5.41, 5.74) is 7.73.